The average Bonchev–Trinajstić information content (AvgIpc) is 2.43. The zero-order chi connectivity index (χ0) is 15.3. The van der Waals surface area contributed by atoms with Crippen LogP contribution in [0.15, 0.2) is 54.6 Å². The molecule has 2 aromatic carbocycles. The van der Waals surface area contributed by atoms with E-state index in [1.807, 2.05) is 0 Å². The van der Waals surface area contributed by atoms with Gasteiger partial charge in [0.15, 0.2) is 0 Å². The summed E-state index contributed by atoms with van der Waals surface area (Å²) < 4.78 is 0. The molecule has 112 valence electrons. The maximum absolute atomic E-state index is 3.74. The fraction of sp³-hybridized carbons (Fsp3) is 0.400. The van der Waals surface area contributed by atoms with E-state index in [2.05, 4.69) is 87.6 Å². The lowest BCUT2D eigenvalue weighted by atomic mass is 9.85. The van der Waals surface area contributed by atoms with E-state index in [0.717, 1.165) is 13.0 Å². The van der Waals surface area contributed by atoms with Gasteiger partial charge in [-0.1, -0.05) is 80.9 Å². The second-order valence-electron chi connectivity index (χ2n) is 7.10. The Morgan fingerprint density at radius 2 is 1.67 bits per heavy atom. The molecule has 0 aliphatic carbocycles. The number of nitrogens with one attached hydrogen (secondary N) is 1. The van der Waals surface area contributed by atoms with Crippen molar-refractivity contribution in [3.8, 4) is 0 Å². The van der Waals surface area contributed by atoms with Gasteiger partial charge in [-0.15, -0.1) is 0 Å². The summed E-state index contributed by atoms with van der Waals surface area (Å²) in [6.07, 6.45) is 1.13. The first kappa shape index (κ1) is 15.8. The molecule has 0 aliphatic heterocycles. The van der Waals surface area contributed by atoms with Crippen LogP contribution < -0.4 is 5.32 Å². The summed E-state index contributed by atoms with van der Waals surface area (Å²) in [6, 6.07) is 19.9. The lowest BCUT2D eigenvalue weighted by molar-refractivity contribution is 0.310. The Balaban J connectivity index is 2.09. The minimum Gasteiger partial charge on any atom is -0.306 e. The van der Waals surface area contributed by atoms with Gasteiger partial charge in [0, 0.05) is 12.6 Å². The molecule has 0 radical (unpaired) electrons. The van der Waals surface area contributed by atoms with E-state index in [-0.39, 0.29) is 0 Å². The molecule has 0 amide bonds. The number of hydrogen-bond donors (Lipinski definition) is 1. The summed E-state index contributed by atoms with van der Waals surface area (Å²) in [7, 11) is 0. The molecule has 1 N–H and O–H groups in total. The second-order valence-corrected chi connectivity index (χ2v) is 7.10. The highest BCUT2D eigenvalue weighted by Crippen LogP contribution is 2.29. The van der Waals surface area contributed by atoms with Gasteiger partial charge in [0.1, 0.15) is 0 Å². The van der Waals surface area contributed by atoms with Crippen LogP contribution in [-0.2, 0) is 6.54 Å². The minimum atomic E-state index is 0.306. The third-order valence-corrected chi connectivity index (χ3v) is 3.65. The smallest absolute Gasteiger partial charge is 0.0328 e. The topological polar surface area (TPSA) is 12.0 Å². The predicted octanol–water partition coefficient (Wildman–Crippen LogP) is 5.26. The first-order valence-electron chi connectivity index (χ1n) is 7.78. The highest BCUT2D eigenvalue weighted by Gasteiger charge is 2.19. The molecule has 2 rings (SSSR count). The molecule has 21 heavy (non-hydrogen) atoms. The highest BCUT2D eigenvalue weighted by molar-refractivity contribution is 5.23. The molecular formula is C20H27N. The first-order valence-corrected chi connectivity index (χ1v) is 7.78. The lowest BCUT2D eigenvalue weighted by Crippen LogP contribution is -2.25. The largest absolute Gasteiger partial charge is 0.306 e. The van der Waals surface area contributed by atoms with Crippen LogP contribution in [0.2, 0.25) is 0 Å². The Bertz CT molecular complexity index is 552. The van der Waals surface area contributed by atoms with E-state index < -0.39 is 0 Å². The van der Waals surface area contributed by atoms with Crippen LogP contribution in [0.25, 0.3) is 0 Å². The summed E-state index contributed by atoms with van der Waals surface area (Å²) in [4.78, 5) is 0. The fourth-order valence-electron chi connectivity index (χ4n) is 2.67. The lowest BCUT2D eigenvalue weighted by Gasteiger charge is -2.27. The van der Waals surface area contributed by atoms with Crippen LogP contribution >= 0.6 is 0 Å². The van der Waals surface area contributed by atoms with Crippen molar-refractivity contribution in [2.75, 3.05) is 0 Å². The van der Waals surface area contributed by atoms with Crippen LogP contribution in [-0.4, -0.2) is 0 Å². The highest BCUT2D eigenvalue weighted by atomic mass is 14.9. The Morgan fingerprint density at radius 1 is 0.952 bits per heavy atom. The van der Waals surface area contributed by atoms with Gasteiger partial charge in [0.05, 0.1) is 0 Å². The number of hydrogen-bond acceptors (Lipinski definition) is 1. The molecule has 1 atom stereocenters. The predicted molar refractivity (Wildman–Crippen MR) is 91.3 cm³/mol. The van der Waals surface area contributed by atoms with Crippen molar-refractivity contribution in [3.05, 3.63) is 71.3 Å². The molecule has 0 heterocycles. The fourth-order valence-corrected chi connectivity index (χ4v) is 2.67. The number of benzene rings is 2. The molecular weight excluding hydrogens is 254 g/mol. The summed E-state index contributed by atoms with van der Waals surface area (Å²) in [5.74, 6) is 0. The number of aryl methyl sites for hydroxylation is 1. The van der Waals surface area contributed by atoms with Gasteiger partial charge in [0.25, 0.3) is 0 Å². The Hall–Kier alpha value is -1.60. The molecule has 0 bridgehead atoms. The monoisotopic (exact) mass is 281 g/mol. The second kappa shape index (κ2) is 6.91. The van der Waals surface area contributed by atoms with Gasteiger partial charge in [0.2, 0.25) is 0 Å². The molecule has 0 fully saturated rings. The van der Waals surface area contributed by atoms with Crippen LogP contribution in [0.3, 0.4) is 0 Å². The van der Waals surface area contributed by atoms with Crippen LogP contribution in [0, 0.1) is 12.3 Å². The van der Waals surface area contributed by atoms with Crippen molar-refractivity contribution >= 4 is 0 Å². The van der Waals surface area contributed by atoms with Crippen LogP contribution in [0.1, 0.15) is 49.9 Å². The van der Waals surface area contributed by atoms with Gasteiger partial charge in [-0.25, -0.2) is 0 Å². The quantitative estimate of drug-likeness (QED) is 0.788. The molecule has 0 saturated carbocycles. The minimum absolute atomic E-state index is 0.306. The number of rotatable bonds is 5. The van der Waals surface area contributed by atoms with Gasteiger partial charge < -0.3 is 5.32 Å². The molecule has 0 spiro atoms. The van der Waals surface area contributed by atoms with Gasteiger partial charge >= 0.3 is 0 Å². The van der Waals surface area contributed by atoms with E-state index in [9.17, 15) is 0 Å². The van der Waals surface area contributed by atoms with Gasteiger partial charge in [-0.2, -0.15) is 0 Å². The van der Waals surface area contributed by atoms with Crippen molar-refractivity contribution < 1.29 is 0 Å². The van der Waals surface area contributed by atoms with Crippen molar-refractivity contribution in [2.45, 2.75) is 46.7 Å². The third-order valence-electron chi connectivity index (χ3n) is 3.65. The Labute approximate surface area is 129 Å². The SMILES string of the molecule is Cc1cccc(CNC(CC(C)(C)C)c2ccccc2)c1. The molecule has 0 aromatic heterocycles. The maximum Gasteiger partial charge on any atom is 0.0328 e. The molecule has 2 aromatic rings. The first-order chi connectivity index (χ1) is 9.94. The van der Waals surface area contributed by atoms with Crippen molar-refractivity contribution in [2.24, 2.45) is 5.41 Å². The van der Waals surface area contributed by atoms with E-state index in [1.54, 1.807) is 0 Å². The van der Waals surface area contributed by atoms with Gasteiger partial charge in [-0.3, -0.25) is 0 Å². The standard InChI is InChI=1S/C20H27N/c1-16-9-8-10-17(13-16)15-21-19(14-20(2,3)4)18-11-6-5-7-12-18/h5-13,19,21H,14-15H2,1-4H3. The van der Waals surface area contributed by atoms with Crippen molar-refractivity contribution in [1.82, 2.24) is 5.32 Å². The summed E-state index contributed by atoms with van der Waals surface area (Å²) in [6.45, 7) is 9.97. The van der Waals surface area contributed by atoms with Crippen LogP contribution in [0.5, 0.6) is 0 Å². The van der Waals surface area contributed by atoms with Crippen LogP contribution in [0.4, 0.5) is 0 Å². The zero-order valence-corrected chi connectivity index (χ0v) is 13.7. The summed E-state index contributed by atoms with van der Waals surface area (Å²) >= 11 is 0. The summed E-state index contributed by atoms with van der Waals surface area (Å²) in [5.41, 5.74) is 4.35. The molecule has 0 saturated heterocycles. The Kier molecular flexibility index (Phi) is 5.19. The average molecular weight is 281 g/mol. The van der Waals surface area contributed by atoms with E-state index in [1.165, 1.54) is 16.7 Å². The summed E-state index contributed by atoms with van der Waals surface area (Å²) in [5, 5.41) is 3.74. The third kappa shape index (κ3) is 5.35. The molecule has 1 heteroatoms. The van der Waals surface area contributed by atoms with E-state index in [4.69, 9.17) is 0 Å². The molecule has 0 aliphatic rings. The zero-order valence-electron chi connectivity index (χ0n) is 13.7. The van der Waals surface area contributed by atoms with Crippen molar-refractivity contribution in [3.63, 3.8) is 0 Å². The Morgan fingerprint density at radius 3 is 2.29 bits per heavy atom. The van der Waals surface area contributed by atoms with Gasteiger partial charge in [-0.05, 0) is 29.9 Å². The van der Waals surface area contributed by atoms with E-state index >= 15 is 0 Å². The maximum atomic E-state index is 3.74. The molecule has 1 nitrogen and oxygen atoms in total. The normalized spacial score (nSPS) is 13.1. The van der Waals surface area contributed by atoms with E-state index in [0.29, 0.717) is 11.5 Å². The molecule has 1 unspecified atom stereocenters. The van der Waals surface area contributed by atoms with Crippen molar-refractivity contribution in [1.29, 1.82) is 0 Å².